The lowest BCUT2D eigenvalue weighted by atomic mass is 10.0. The fourth-order valence-corrected chi connectivity index (χ4v) is 3.97. The van der Waals surface area contributed by atoms with Gasteiger partial charge in [-0.1, -0.05) is 11.6 Å². The van der Waals surface area contributed by atoms with E-state index in [9.17, 15) is 18.4 Å². The van der Waals surface area contributed by atoms with E-state index >= 15 is 0 Å². The molecular weight excluding hydrogens is 460 g/mol. The van der Waals surface area contributed by atoms with Crippen LogP contribution in [0.3, 0.4) is 0 Å². The van der Waals surface area contributed by atoms with E-state index in [4.69, 9.17) is 21.1 Å². The molecule has 1 spiro atoms. The molecule has 1 N–H and O–H groups in total. The highest BCUT2D eigenvalue weighted by Gasteiger charge is 2.48. The van der Waals surface area contributed by atoms with E-state index in [1.165, 1.54) is 29.2 Å². The number of nitrogens with one attached hydrogen (secondary N) is 1. The van der Waals surface area contributed by atoms with Crippen molar-refractivity contribution in [1.82, 2.24) is 4.90 Å². The Morgan fingerprint density at radius 2 is 1.88 bits per heavy atom. The fraction of sp³-hybridized carbons (Fsp3) is 0.364. The first-order chi connectivity index (χ1) is 15.8. The molecule has 2 saturated heterocycles. The predicted octanol–water partition coefficient (Wildman–Crippen LogP) is 3.61. The number of benzene rings is 2. The number of alkyl halides is 2. The Labute approximate surface area is 193 Å². The van der Waals surface area contributed by atoms with Crippen LogP contribution in [0.4, 0.5) is 25.0 Å². The Balaban J connectivity index is 1.37. The van der Waals surface area contributed by atoms with Gasteiger partial charge in [-0.2, -0.15) is 8.78 Å². The van der Waals surface area contributed by atoms with Gasteiger partial charge >= 0.3 is 12.7 Å². The maximum Gasteiger partial charge on any atom is 0.415 e. The highest BCUT2D eigenvalue weighted by atomic mass is 35.5. The smallest absolute Gasteiger partial charge is 0.415 e. The van der Waals surface area contributed by atoms with Crippen molar-refractivity contribution in [3.8, 4) is 5.75 Å². The topological polar surface area (TPSA) is 80.3 Å². The molecule has 2 amide bonds. The van der Waals surface area contributed by atoms with Crippen molar-refractivity contribution in [2.45, 2.75) is 12.2 Å². The number of rotatable bonds is 6. The Bertz CT molecular complexity index is 993. The summed E-state index contributed by atoms with van der Waals surface area (Å²) in [5, 5.41) is 3.28. The number of carbonyl (C=O) groups is 2. The molecule has 0 saturated carbocycles. The van der Waals surface area contributed by atoms with Crippen LogP contribution in [0.1, 0.15) is 0 Å². The molecule has 11 heteroatoms. The van der Waals surface area contributed by atoms with Crippen LogP contribution in [0.2, 0.25) is 5.02 Å². The molecule has 2 aliphatic heterocycles. The maximum atomic E-state index is 12.6. The van der Waals surface area contributed by atoms with Crippen molar-refractivity contribution in [3.05, 3.63) is 53.6 Å². The van der Waals surface area contributed by atoms with Crippen LogP contribution < -0.4 is 15.0 Å². The van der Waals surface area contributed by atoms with Crippen molar-refractivity contribution in [1.29, 1.82) is 0 Å². The van der Waals surface area contributed by atoms with Gasteiger partial charge in [-0.15, -0.1) is 0 Å². The zero-order valence-electron chi connectivity index (χ0n) is 17.5. The number of nitrogens with zero attached hydrogens (tertiary/aromatic N) is 2. The molecule has 4 rings (SSSR count). The van der Waals surface area contributed by atoms with Crippen LogP contribution in [-0.4, -0.2) is 68.5 Å². The van der Waals surface area contributed by atoms with Crippen LogP contribution in [0, 0.1) is 0 Å². The van der Waals surface area contributed by atoms with Gasteiger partial charge in [-0.3, -0.25) is 14.6 Å². The maximum absolute atomic E-state index is 12.6. The number of anilines is 2. The van der Waals surface area contributed by atoms with E-state index in [1.807, 2.05) is 4.90 Å². The lowest BCUT2D eigenvalue weighted by Crippen LogP contribution is -2.49. The monoisotopic (exact) mass is 481 g/mol. The number of ether oxygens (including phenoxy) is 3. The third-order valence-electron chi connectivity index (χ3n) is 5.27. The van der Waals surface area contributed by atoms with Crippen molar-refractivity contribution >= 4 is 35.0 Å². The van der Waals surface area contributed by atoms with Gasteiger partial charge in [-0.25, -0.2) is 4.79 Å². The molecule has 2 aromatic carbocycles. The number of carbonyl (C=O) groups excluding carboxylic acids is 2. The van der Waals surface area contributed by atoms with Crippen LogP contribution in [-0.2, 0) is 14.3 Å². The zero-order valence-corrected chi connectivity index (χ0v) is 18.3. The number of amides is 2. The van der Waals surface area contributed by atoms with Gasteiger partial charge in [0.1, 0.15) is 5.75 Å². The highest BCUT2D eigenvalue weighted by molar-refractivity contribution is 6.30. The van der Waals surface area contributed by atoms with Gasteiger partial charge in [0.05, 0.1) is 26.3 Å². The lowest BCUT2D eigenvalue weighted by molar-refractivity contribution is -0.117. The summed E-state index contributed by atoms with van der Waals surface area (Å²) < 4.78 is 40.2. The molecule has 0 radical (unpaired) electrons. The molecule has 2 fully saturated rings. The number of halogens is 3. The van der Waals surface area contributed by atoms with E-state index < -0.39 is 18.3 Å². The molecule has 33 heavy (non-hydrogen) atoms. The quantitative estimate of drug-likeness (QED) is 0.679. The molecule has 2 aromatic rings. The van der Waals surface area contributed by atoms with E-state index in [0.29, 0.717) is 36.1 Å². The Morgan fingerprint density at radius 1 is 1.15 bits per heavy atom. The predicted molar refractivity (Wildman–Crippen MR) is 117 cm³/mol. The molecule has 0 aromatic heterocycles. The number of hydrogen-bond acceptors (Lipinski definition) is 6. The van der Waals surface area contributed by atoms with E-state index in [1.54, 1.807) is 24.3 Å². The first-order valence-corrected chi connectivity index (χ1v) is 10.6. The molecule has 2 aliphatic rings. The molecule has 0 bridgehead atoms. The van der Waals surface area contributed by atoms with E-state index in [2.05, 4.69) is 10.1 Å². The third kappa shape index (κ3) is 5.89. The average molecular weight is 482 g/mol. The highest BCUT2D eigenvalue weighted by Crippen LogP contribution is 2.31. The van der Waals surface area contributed by atoms with Crippen LogP contribution >= 0.6 is 11.6 Å². The van der Waals surface area contributed by atoms with Crippen molar-refractivity contribution in [2.75, 3.05) is 49.6 Å². The second-order valence-electron chi connectivity index (χ2n) is 7.83. The molecule has 2 heterocycles. The minimum Gasteiger partial charge on any atom is -0.437 e. The minimum absolute atomic E-state index is 0.00268. The summed E-state index contributed by atoms with van der Waals surface area (Å²) in [4.78, 5) is 28.5. The van der Waals surface area contributed by atoms with Gasteiger partial charge in [0.2, 0.25) is 5.91 Å². The van der Waals surface area contributed by atoms with E-state index in [0.717, 1.165) is 0 Å². The standard InChI is InChI=1S/C22H22ClF2N3O5/c23-15-1-5-17(6-2-15)28-13-22(33-21(28)30)12-27(9-10-31-14-22)11-19(29)26-16-3-7-18(8-4-16)32-20(24)25/h1-8,20H,9-14H2,(H,26,29)/t22-/m1/s1. The molecule has 0 unspecified atom stereocenters. The zero-order chi connectivity index (χ0) is 23.4. The van der Waals surface area contributed by atoms with Gasteiger partial charge in [0, 0.05) is 29.5 Å². The first-order valence-electron chi connectivity index (χ1n) is 10.2. The summed E-state index contributed by atoms with van der Waals surface area (Å²) in [7, 11) is 0. The second-order valence-corrected chi connectivity index (χ2v) is 8.26. The summed E-state index contributed by atoms with van der Waals surface area (Å²) in [6, 6.07) is 12.5. The fourth-order valence-electron chi connectivity index (χ4n) is 3.84. The first kappa shape index (κ1) is 23.2. The van der Waals surface area contributed by atoms with Crippen molar-refractivity contribution in [3.63, 3.8) is 0 Å². The summed E-state index contributed by atoms with van der Waals surface area (Å²) in [5.41, 5.74) is 0.194. The van der Waals surface area contributed by atoms with Crippen molar-refractivity contribution < 1.29 is 32.6 Å². The minimum atomic E-state index is -2.91. The van der Waals surface area contributed by atoms with Crippen molar-refractivity contribution in [2.24, 2.45) is 0 Å². The molecule has 1 atom stereocenters. The summed E-state index contributed by atoms with van der Waals surface area (Å²) >= 11 is 5.94. The average Bonchev–Trinajstić information content (AvgIpc) is 2.95. The van der Waals surface area contributed by atoms with Crippen LogP contribution in [0.25, 0.3) is 0 Å². The molecule has 176 valence electrons. The summed E-state index contributed by atoms with van der Waals surface area (Å²) in [6.07, 6.45) is -0.488. The largest absolute Gasteiger partial charge is 0.437 e. The summed E-state index contributed by atoms with van der Waals surface area (Å²) in [6.45, 7) is -1.20. The van der Waals surface area contributed by atoms with Gasteiger partial charge < -0.3 is 19.5 Å². The van der Waals surface area contributed by atoms with Crippen LogP contribution in [0.15, 0.2) is 48.5 Å². The molecular formula is C22H22ClF2N3O5. The summed E-state index contributed by atoms with van der Waals surface area (Å²) in [5.74, 6) is -0.295. The SMILES string of the molecule is O=C(CN1CCOC[C@@]2(C1)CN(c1ccc(Cl)cc1)C(=O)O2)Nc1ccc(OC(F)F)cc1. The lowest BCUT2D eigenvalue weighted by Gasteiger charge is -2.29. The van der Waals surface area contributed by atoms with E-state index in [-0.39, 0.29) is 31.4 Å². The molecule has 0 aliphatic carbocycles. The second kappa shape index (κ2) is 9.90. The van der Waals surface area contributed by atoms with Gasteiger partial charge in [-0.05, 0) is 48.5 Å². The Kier molecular flexibility index (Phi) is 6.96. The Morgan fingerprint density at radius 3 is 2.58 bits per heavy atom. The molecule has 8 nitrogen and oxygen atoms in total. The van der Waals surface area contributed by atoms with Crippen LogP contribution in [0.5, 0.6) is 5.75 Å². The van der Waals surface area contributed by atoms with Gasteiger partial charge in [0.15, 0.2) is 5.60 Å². The number of hydrogen-bond donors (Lipinski definition) is 1. The third-order valence-corrected chi connectivity index (χ3v) is 5.52. The van der Waals surface area contributed by atoms with Gasteiger partial charge in [0.25, 0.3) is 0 Å². The Hall–Kier alpha value is -2.95. The normalized spacial score (nSPS) is 21.2.